The average Bonchev–Trinajstić information content (AvgIpc) is 2.99. The van der Waals surface area contributed by atoms with E-state index in [1.54, 1.807) is 24.4 Å². The van der Waals surface area contributed by atoms with Crippen molar-refractivity contribution in [3.05, 3.63) is 47.2 Å². The Labute approximate surface area is 139 Å². The van der Waals surface area contributed by atoms with Gasteiger partial charge in [0.05, 0.1) is 10.6 Å². The third-order valence-electron chi connectivity index (χ3n) is 3.20. The van der Waals surface area contributed by atoms with Gasteiger partial charge in [-0.3, -0.25) is 14.3 Å². The molecule has 1 atom stereocenters. The Morgan fingerprint density at radius 3 is 2.83 bits per heavy atom. The van der Waals surface area contributed by atoms with Gasteiger partial charge in [-0.05, 0) is 30.2 Å². The Morgan fingerprint density at radius 2 is 2.17 bits per heavy atom. The zero-order chi connectivity index (χ0) is 16.8. The Balaban J connectivity index is 1.95. The summed E-state index contributed by atoms with van der Waals surface area (Å²) in [4.78, 5) is 23.4. The number of anilines is 1. The van der Waals surface area contributed by atoms with Crippen LogP contribution in [0.2, 0.25) is 5.02 Å². The number of halogens is 1. The van der Waals surface area contributed by atoms with Gasteiger partial charge in [0, 0.05) is 38.1 Å². The number of aromatic nitrogens is 2. The van der Waals surface area contributed by atoms with Crippen molar-refractivity contribution < 1.29 is 9.59 Å². The number of carbonyl (C=O) groups excluding carboxylic acids is 2. The summed E-state index contributed by atoms with van der Waals surface area (Å²) in [5, 5.41) is 9.97. The molecule has 0 radical (unpaired) electrons. The van der Waals surface area contributed by atoms with E-state index in [4.69, 9.17) is 11.6 Å². The Bertz CT molecular complexity index is 685. The van der Waals surface area contributed by atoms with Crippen molar-refractivity contribution in [2.45, 2.75) is 20.4 Å². The zero-order valence-corrected chi connectivity index (χ0v) is 13.8. The number of amides is 2. The van der Waals surface area contributed by atoms with Gasteiger partial charge < -0.3 is 10.6 Å². The second-order valence-corrected chi connectivity index (χ2v) is 5.83. The number of nitrogens with one attached hydrogen (secondary N) is 2. The van der Waals surface area contributed by atoms with E-state index in [9.17, 15) is 9.59 Å². The molecule has 7 heteroatoms. The molecule has 0 aliphatic carbocycles. The molecule has 23 heavy (non-hydrogen) atoms. The van der Waals surface area contributed by atoms with Crippen LogP contribution in [0, 0.1) is 5.92 Å². The van der Waals surface area contributed by atoms with Crippen LogP contribution in [0.3, 0.4) is 0 Å². The lowest BCUT2D eigenvalue weighted by Crippen LogP contribution is -2.30. The standard InChI is InChI=1S/C16H19ClN4O2/c1-11(10-21-7-3-6-19-21)9-18-16(23)14-8-13(20-12(2)22)4-5-15(14)17/h3-8,11H,9-10H2,1-2H3,(H,18,23)(H,20,22)/t11-/m1/s1. The monoisotopic (exact) mass is 334 g/mol. The van der Waals surface area contributed by atoms with Crippen LogP contribution in [0.25, 0.3) is 0 Å². The molecule has 2 N–H and O–H groups in total. The highest BCUT2D eigenvalue weighted by Crippen LogP contribution is 2.20. The lowest BCUT2D eigenvalue weighted by Gasteiger charge is -2.14. The zero-order valence-electron chi connectivity index (χ0n) is 13.0. The van der Waals surface area contributed by atoms with Gasteiger partial charge >= 0.3 is 0 Å². The van der Waals surface area contributed by atoms with E-state index in [0.29, 0.717) is 29.4 Å². The van der Waals surface area contributed by atoms with Gasteiger partial charge in [0.2, 0.25) is 5.91 Å². The van der Waals surface area contributed by atoms with Gasteiger partial charge in [-0.15, -0.1) is 0 Å². The highest BCUT2D eigenvalue weighted by molar-refractivity contribution is 6.34. The molecule has 0 aliphatic rings. The number of hydrogen-bond donors (Lipinski definition) is 2. The molecule has 0 saturated heterocycles. The maximum atomic E-state index is 12.3. The molecule has 2 rings (SSSR count). The van der Waals surface area contributed by atoms with Crippen molar-refractivity contribution in [1.82, 2.24) is 15.1 Å². The molecule has 0 aliphatic heterocycles. The fourth-order valence-corrected chi connectivity index (χ4v) is 2.34. The number of nitrogens with zero attached hydrogens (tertiary/aromatic N) is 2. The summed E-state index contributed by atoms with van der Waals surface area (Å²) in [5.41, 5.74) is 0.876. The van der Waals surface area contributed by atoms with E-state index in [1.165, 1.54) is 6.92 Å². The summed E-state index contributed by atoms with van der Waals surface area (Å²) >= 11 is 6.07. The van der Waals surface area contributed by atoms with Crippen molar-refractivity contribution in [3.8, 4) is 0 Å². The van der Waals surface area contributed by atoms with Crippen LogP contribution >= 0.6 is 11.6 Å². The van der Waals surface area contributed by atoms with Crippen molar-refractivity contribution >= 4 is 29.1 Å². The van der Waals surface area contributed by atoms with Crippen LogP contribution in [-0.2, 0) is 11.3 Å². The van der Waals surface area contributed by atoms with Crippen LogP contribution in [0.5, 0.6) is 0 Å². The first-order valence-electron chi connectivity index (χ1n) is 7.28. The second kappa shape index (κ2) is 7.78. The summed E-state index contributed by atoms with van der Waals surface area (Å²) in [6.45, 7) is 4.65. The molecule has 6 nitrogen and oxygen atoms in total. The molecule has 1 heterocycles. The fourth-order valence-electron chi connectivity index (χ4n) is 2.13. The highest BCUT2D eigenvalue weighted by Gasteiger charge is 2.13. The largest absolute Gasteiger partial charge is 0.352 e. The maximum Gasteiger partial charge on any atom is 0.252 e. The molecule has 2 amide bonds. The van der Waals surface area contributed by atoms with Crippen LogP contribution in [0.15, 0.2) is 36.7 Å². The average molecular weight is 335 g/mol. The number of benzene rings is 1. The van der Waals surface area contributed by atoms with Gasteiger partial charge in [-0.1, -0.05) is 18.5 Å². The number of carbonyl (C=O) groups is 2. The van der Waals surface area contributed by atoms with E-state index < -0.39 is 0 Å². The minimum absolute atomic E-state index is 0.202. The lowest BCUT2D eigenvalue weighted by molar-refractivity contribution is -0.114. The predicted octanol–water partition coefficient (Wildman–Crippen LogP) is 2.56. The van der Waals surface area contributed by atoms with E-state index in [2.05, 4.69) is 15.7 Å². The molecular weight excluding hydrogens is 316 g/mol. The molecule has 2 aromatic rings. The normalized spacial score (nSPS) is 11.8. The molecule has 1 aromatic heterocycles. The predicted molar refractivity (Wildman–Crippen MR) is 89.5 cm³/mol. The van der Waals surface area contributed by atoms with Gasteiger partial charge in [0.1, 0.15) is 0 Å². The molecule has 0 bridgehead atoms. The minimum Gasteiger partial charge on any atom is -0.352 e. The molecule has 0 fully saturated rings. The van der Waals surface area contributed by atoms with Crippen LogP contribution in [0.1, 0.15) is 24.2 Å². The summed E-state index contributed by atoms with van der Waals surface area (Å²) < 4.78 is 1.82. The number of hydrogen-bond acceptors (Lipinski definition) is 3. The molecule has 0 saturated carbocycles. The second-order valence-electron chi connectivity index (χ2n) is 5.42. The number of rotatable bonds is 6. The van der Waals surface area contributed by atoms with Crippen LogP contribution < -0.4 is 10.6 Å². The van der Waals surface area contributed by atoms with E-state index >= 15 is 0 Å². The van der Waals surface area contributed by atoms with E-state index in [-0.39, 0.29) is 17.7 Å². The fraction of sp³-hybridized carbons (Fsp3) is 0.312. The van der Waals surface area contributed by atoms with E-state index in [1.807, 2.05) is 23.9 Å². The molecule has 0 unspecified atom stereocenters. The van der Waals surface area contributed by atoms with Crippen molar-refractivity contribution in [1.29, 1.82) is 0 Å². The Morgan fingerprint density at radius 1 is 1.39 bits per heavy atom. The van der Waals surface area contributed by atoms with Crippen LogP contribution in [-0.4, -0.2) is 28.1 Å². The Kier molecular flexibility index (Phi) is 5.76. The van der Waals surface area contributed by atoms with Gasteiger partial charge in [-0.2, -0.15) is 5.10 Å². The third kappa shape index (κ3) is 5.10. The maximum absolute atomic E-state index is 12.3. The summed E-state index contributed by atoms with van der Waals surface area (Å²) in [7, 11) is 0. The van der Waals surface area contributed by atoms with Gasteiger partial charge in [0.15, 0.2) is 0 Å². The smallest absolute Gasteiger partial charge is 0.252 e. The van der Waals surface area contributed by atoms with Crippen molar-refractivity contribution in [2.24, 2.45) is 5.92 Å². The molecular formula is C16H19ClN4O2. The Hall–Kier alpha value is -2.34. The SMILES string of the molecule is CC(=O)Nc1ccc(Cl)c(C(=O)NC[C@@H](C)Cn2cccn2)c1. The third-order valence-corrected chi connectivity index (χ3v) is 3.53. The first-order valence-corrected chi connectivity index (χ1v) is 7.66. The first-order chi connectivity index (χ1) is 11.0. The molecule has 122 valence electrons. The van der Waals surface area contributed by atoms with Crippen LogP contribution in [0.4, 0.5) is 5.69 Å². The highest BCUT2D eigenvalue weighted by atomic mass is 35.5. The summed E-state index contributed by atoms with van der Waals surface area (Å²) in [5.74, 6) is -0.253. The minimum atomic E-state index is -0.269. The van der Waals surface area contributed by atoms with Crippen molar-refractivity contribution in [2.75, 3.05) is 11.9 Å². The topological polar surface area (TPSA) is 76.0 Å². The van der Waals surface area contributed by atoms with Gasteiger partial charge in [-0.25, -0.2) is 0 Å². The molecule has 0 spiro atoms. The van der Waals surface area contributed by atoms with E-state index in [0.717, 1.165) is 0 Å². The quantitative estimate of drug-likeness (QED) is 0.852. The summed E-state index contributed by atoms with van der Waals surface area (Å²) in [6, 6.07) is 6.67. The summed E-state index contributed by atoms with van der Waals surface area (Å²) in [6.07, 6.45) is 3.60. The first kappa shape index (κ1) is 17.0. The van der Waals surface area contributed by atoms with Gasteiger partial charge in [0.25, 0.3) is 5.91 Å². The molecule has 1 aromatic carbocycles. The lowest BCUT2D eigenvalue weighted by atomic mass is 10.1. The van der Waals surface area contributed by atoms with Crippen molar-refractivity contribution in [3.63, 3.8) is 0 Å².